The Hall–Kier alpha value is -0.560. The van der Waals surface area contributed by atoms with Crippen LogP contribution in [0.1, 0.15) is 99.3 Å². The molecule has 4 aliphatic carbocycles. The van der Waals surface area contributed by atoms with Crippen molar-refractivity contribution in [1.82, 2.24) is 0 Å². The minimum absolute atomic E-state index is 0.0870. The van der Waals surface area contributed by atoms with E-state index in [1.165, 1.54) is 44.9 Å². The number of fused-ring (bicyclic) bond motifs is 5. The van der Waals surface area contributed by atoms with Gasteiger partial charge in [-0.05, 0) is 110 Å². The van der Waals surface area contributed by atoms with Gasteiger partial charge in [-0.25, -0.2) is 0 Å². The summed E-state index contributed by atoms with van der Waals surface area (Å²) in [7, 11) is 0. The molecule has 3 saturated carbocycles. The molecule has 30 heavy (non-hydrogen) atoms. The zero-order valence-corrected chi connectivity index (χ0v) is 20.7. The molecule has 0 aromatic carbocycles. The highest BCUT2D eigenvalue weighted by Crippen LogP contribution is 2.67. The van der Waals surface area contributed by atoms with E-state index in [0.29, 0.717) is 16.7 Å². The molecule has 0 bridgehead atoms. The molecule has 0 heterocycles. The third-order valence-corrected chi connectivity index (χ3v) is 10.8. The van der Waals surface area contributed by atoms with Gasteiger partial charge >= 0.3 is 0 Å². The molecule has 0 aromatic heterocycles. The van der Waals surface area contributed by atoms with Crippen LogP contribution in [-0.4, -0.2) is 11.2 Å². The second-order valence-electron chi connectivity index (χ2n) is 12.4. The molecule has 1 heteroatoms. The molecular formula is C29H48O. The summed E-state index contributed by atoms with van der Waals surface area (Å²) in [6, 6.07) is 0. The molecule has 0 spiro atoms. The third-order valence-electron chi connectivity index (χ3n) is 10.8. The lowest BCUT2D eigenvalue weighted by molar-refractivity contribution is -0.0540. The summed E-state index contributed by atoms with van der Waals surface area (Å²) < 4.78 is 0. The average molecular weight is 413 g/mol. The first kappa shape index (κ1) is 22.6. The van der Waals surface area contributed by atoms with Crippen LogP contribution in [0.5, 0.6) is 0 Å². The van der Waals surface area contributed by atoms with Crippen molar-refractivity contribution in [3.8, 4) is 0 Å². The normalized spacial score (nSPS) is 45.6. The molecule has 0 amide bonds. The molecule has 1 N–H and O–H groups in total. The van der Waals surface area contributed by atoms with Crippen molar-refractivity contribution in [3.05, 3.63) is 23.8 Å². The number of rotatable bonds is 5. The summed E-state index contributed by atoms with van der Waals surface area (Å²) in [5, 5.41) is 10.2. The molecular weight excluding hydrogens is 364 g/mol. The van der Waals surface area contributed by atoms with Gasteiger partial charge in [-0.3, -0.25) is 0 Å². The second kappa shape index (κ2) is 8.42. The quantitative estimate of drug-likeness (QED) is 0.457. The van der Waals surface area contributed by atoms with E-state index in [4.69, 9.17) is 0 Å². The fraction of sp³-hybridized carbons (Fsp3) is 0.862. The third kappa shape index (κ3) is 3.66. The minimum Gasteiger partial charge on any atom is -0.393 e. The SMILES string of the molecule is CC[C@H](/C=C/[C@H](C)[C@@H]1CC[C@@H]2[C@H]3CC=C4C[C@H](O)CC[C@@]4(C)[C@@H]3CC[C@@]21C)C(C)C. The van der Waals surface area contributed by atoms with E-state index in [1.54, 1.807) is 5.57 Å². The predicted molar refractivity (Wildman–Crippen MR) is 128 cm³/mol. The molecule has 4 rings (SSSR count). The number of allylic oxidation sites excluding steroid dienone is 3. The highest BCUT2D eigenvalue weighted by molar-refractivity contribution is 5.25. The summed E-state index contributed by atoms with van der Waals surface area (Å²) in [5.74, 6) is 5.70. The molecule has 0 aromatic rings. The Morgan fingerprint density at radius 3 is 2.50 bits per heavy atom. The highest BCUT2D eigenvalue weighted by atomic mass is 16.3. The van der Waals surface area contributed by atoms with Crippen molar-refractivity contribution in [1.29, 1.82) is 0 Å². The first-order valence-electron chi connectivity index (χ1n) is 13.3. The second-order valence-corrected chi connectivity index (χ2v) is 12.4. The van der Waals surface area contributed by atoms with Gasteiger partial charge in [0.05, 0.1) is 6.10 Å². The zero-order chi connectivity index (χ0) is 21.7. The van der Waals surface area contributed by atoms with Gasteiger partial charge in [0.2, 0.25) is 0 Å². The topological polar surface area (TPSA) is 20.2 Å². The number of aliphatic hydroxyl groups excluding tert-OH is 1. The van der Waals surface area contributed by atoms with E-state index in [9.17, 15) is 5.11 Å². The smallest absolute Gasteiger partial charge is 0.0577 e. The monoisotopic (exact) mass is 412 g/mol. The van der Waals surface area contributed by atoms with Crippen molar-refractivity contribution in [2.75, 3.05) is 0 Å². The fourth-order valence-corrected chi connectivity index (χ4v) is 8.83. The molecule has 0 saturated heterocycles. The van der Waals surface area contributed by atoms with Crippen molar-refractivity contribution in [3.63, 3.8) is 0 Å². The zero-order valence-electron chi connectivity index (χ0n) is 20.7. The van der Waals surface area contributed by atoms with Gasteiger partial charge < -0.3 is 5.11 Å². The maximum Gasteiger partial charge on any atom is 0.0577 e. The van der Waals surface area contributed by atoms with E-state index in [-0.39, 0.29) is 6.10 Å². The van der Waals surface area contributed by atoms with Crippen molar-refractivity contribution >= 4 is 0 Å². The Kier molecular flexibility index (Phi) is 6.35. The van der Waals surface area contributed by atoms with E-state index < -0.39 is 0 Å². The van der Waals surface area contributed by atoms with Crippen molar-refractivity contribution < 1.29 is 5.11 Å². The Labute approximate surface area is 186 Å². The van der Waals surface area contributed by atoms with Crippen LogP contribution in [0.25, 0.3) is 0 Å². The number of hydrogen-bond donors (Lipinski definition) is 1. The molecule has 0 unspecified atom stereocenters. The van der Waals surface area contributed by atoms with Crippen LogP contribution in [-0.2, 0) is 0 Å². The van der Waals surface area contributed by atoms with Crippen LogP contribution in [0, 0.1) is 52.3 Å². The minimum atomic E-state index is -0.0870. The van der Waals surface area contributed by atoms with Gasteiger partial charge in [0.25, 0.3) is 0 Å². The Morgan fingerprint density at radius 1 is 1.03 bits per heavy atom. The van der Waals surface area contributed by atoms with Crippen LogP contribution >= 0.6 is 0 Å². The number of aliphatic hydroxyl groups is 1. The lowest BCUT2D eigenvalue weighted by atomic mass is 9.47. The van der Waals surface area contributed by atoms with Gasteiger partial charge in [-0.15, -0.1) is 0 Å². The highest BCUT2D eigenvalue weighted by Gasteiger charge is 2.58. The van der Waals surface area contributed by atoms with Crippen molar-refractivity contribution in [2.24, 2.45) is 52.3 Å². The maximum absolute atomic E-state index is 10.2. The average Bonchev–Trinajstić information content (AvgIpc) is 3.06. The standard InChI is InChI=1S/C29H48O/c1-7-21(19(2)3)9-8-20(4)25-12-13-26-24-11-10-22-18-23(30)14-16-28(22,5)27(24)15-17-29(25,26)6/h8-10,19-21,23-27,30H,7,11-18H2,1-6H3/b9-8+/t20-,21+,23+,24+,25-,26+,27+,28+,29+/m0/s1. The summed E-state index contributed by atoms with van der Waals surface area (Å²) in [6.45, 7) is 14.8. The van der Waals surface area contributed by atoms with Crippen LogP contribution in [0.4, 0.5) is 0 Å². The first-order valence-corrected chi connectivity index (χ1v) is 13.3. The number of hydrogen-bond acceptors (Lipinski definition) is 1. The molecule has 0 aliphatic heterocycles. The van der Waals surface area contributed by atoms with E-state index in [0.717, 1.165) is 48.3 Å². The summed E-state index contributed by atoms with van der Waals surface area (Å²) in [5.41, 5.74) is 2.51. The molecule has 0 radical (unpaired) electrons. The molecule has 9 atom stereocenters. The Morgan fingerprint density at radius 2 is 1.80 bits per heavy atom. The van der Waals surface area contributed by atoms with E-state index in [1.807, 2.05) is 0 Å². The van der Waals surface area contributed by atoms with Gasteiger partial charge in [0.1, 0.15) is 0 Å². The summed E-state index contributed by atoms with van der Waals surface area (Å²) >= 11 is 0. The lowest BCUT2D eigenvalue weighted by Gasteiger charge is -2.58. The summed E-state index contributed by atoms with van der Waals surface area (Å²) in [6.07, 6.45) is 19.1. The summed E-state index contributed by atoms with van der Waals surface area (Å²) in [4.78, 5) is 0. The van der Waals surface area contributed by atoms with Gasteiger partial charge in [0.15, 0.2) is 0 Å². The van der Waals surface area contributed by atoms with Crippen LogP contribution < -0.4 is 0 Å². The Bertz CT molecular complexity index is 674. The van der Waals surface area contributed by atoms with Crippen molar-refractivity contribution in [2.45, 2.75) is 105 Å². The molecule has 170 valence electrons. The van der Waals surface area contributed by atoms with Gasteiger partial charge in [0, 0.05) is 0 Å². The van der Waals surface area contributed by atoms with E-state index >= 15 is 0 Å². The largest absolute Gasteiger partial charge is 0.393 e. The molecule has 1 nitrogen and oxygen atoms in total. The predicted octanol–water partition coefficient (Wildman–Crippen LogP) is 7.80. The Balaban J connectivity index is 1.52. The van der Waals surface area contributed by atoms with Gasteiger partial charge in [-0.1, -0.05) is 65.3 Å². The van der Waals surface area contributed by atoms with Crippen LogP contribution in [0.2, 0.25) is 0 Å². The fourth-order valence-electron chi connectivity index (χ4n) is 8.83. The van der Waals surface area contributed by atoms with E-state index in [2.05, 4.69) is 59.8 Å². The van der Waals surface area contributed by atoms with Crippen LogP contribution in [0.15, 0.2) is 23.8 Å². The lowest BCUT2D eigenvalue weighted by Crippen LogP contribution is -2.50. The van der Waals surface area contributed by atoms with Gasteiger partial charge in [-0.2, -0.15) is 0 Å². The molecule has 4 aliphatic rings. The maximum atomic E-state index is 10.2. The van der Waals surface area contributed by atoms with Crippen LogP contribution in [0.3, 0.4) is 0 Å². The molecule has 3 fully saturated rings. The first-order chi connectivity index (χ1) is 14.2.